The summed E-state index contributed by atoms with van der Waals surface area (Å²) in [4.78, 5) is 18.9. The molecule has 1 unspecified atom stereocenters. The smallest absolute Gasteiger partial charge is 0.223 e. The molecule has 0 radical (unpaired) electrons. The van der Waals surface area contributed by atoms with Crippen molar-refractivity contribution >= 4 is 29.1 Å². The minimum Gasteiger partial charge on any atom is -0.383 e. The third-order valence-corrected chi connectivity index (χ3v) is 5.97. The number of hydrogen-bond acceptors (Lipinski definition) is 4. The summed E-state index contributed by atoms with van der Waals surface area (Å²) in [6.07, 6.45) is 0.674. The molecular formula is C19H27Cl2N3O2. The van der Waals surface area contributed by atoms with Gasteiger partial charge in [-0.25, -0.2) is 0 Å². The number of likely N-dealkylation sites (tertiary alicyclic amines) is 1. The first-order valence-electron chi connectivity index (χ1n) is 9.20. The van der Waals surface area contributed by atoms with E-state index in [0.717, 1.165) is 45.8 Å². The Bertz CT molecular complexity index is 621. The minimum atomic E-state index is 0.269. The average Bonchev–Trinajstić information content (AvgIpc) is 2.97. The van der Waals surface area contributed by atoms with Crippen molar-refractivity contribution in [3.8, 4) is 0 Å². The number of carbonyl (C=O) groups excluding carboxylic acids is 1. The van der Waals surface area contributed by atoms with Gasteiger partial charge in [0.2, 0.25) is 5.91 Å². The van der Waals surface area contributed by atoms with Crippen molar-refractivity contribution in [3.05, 3.63) is 33.8 Å². The van der Waals surface area contributed by atoms with E-state index in [1.807, 2.05) is 23.1 Å². The van der Waals surface area contributed by atoms with Crippen molar-refractivity contribution in [2.75, 3.05) is 59.5 Å². The molecule has 3 rings (SSSR count). The van der Waals surface area contributed by atoms with Gasteiger partial charge in [-0.1, -0.05) is 29.3 Å². The Balaban J connectivity index is 1.41. The number of rotatable bonds is 7. The molecule has 0 saturated carbocycles. The Labute approximate surface area is 165 Å². The highest BCUT2D eigenvalue weighted by Gasteiger charge is 2.31. The summed E-state index contributed by atoms with van der Waals surface area (Å²) in [6, 6.07) is 5.86. The van der Waals surface area contributed by atoms with Gasteiger partial charge in [0, 0.05) is 65.9 Å². The number of carbonyl (C=O) groups is 1. The predicted octanol–water partition coefficient (Wildman–Crippen LogP) is 2.61. The summed E-state index contributed by atoms with van der Waals surface area (Å²) in [5.41, 5.74) is 1.20. The number of nitrogens with zero attached hydrogens (tertiary/aromatic N) is 3. The Kier molecular flexibility index (Phi) is 7.18. The second-order valence-corrected chi connectivity index (χ2v) is 8.04. The van der Waals surface area contributed by atoms with Crippen LogP contribution in [0.15, 0.2) is 18.2 Å². The van der Waals surface area contributed by atoms with Crippen molar-refractivity contribution < 1.29 is 9.53 Å². The maximum absolute atomic E-state index is 12.1. The first kappa shape index (κ1) is 19.9. The molecule has 0 bridgehead atoms. The van der Waals surface area contributed by atoms with Crippen molar-refractivity contribution in [2.24, 2.45) is 5.92 Å². The van der Waals surface area contributed by atoms with Gasteiger partial charge in [0.1, 0.15) is 0 Å². The average molecular weight is 400 g/mol. The first-order valence-corrected chi connectivity index (χ1v) is 9.96. The van der Waals surface area contributed by atoms with E-state index in [0.29, 0.717) is 35.5 Å². The molecule has 7 heteroatoms. The fourth-order valence-corrected chi connectivity index (χ4v) is 4.11. The lowest BCUT2D eigenvalue weighted by molar-refractivity contribution is -0.128. The quantitative estimate of drug-likeness (QED) is 0.705. The standard InChI is InChI=1S/C19H27Cl2N3O2/c1-26-9-8-24-14-16(11-19(24)25)13-23-6-4-22(5-7-23)12-15-2-3-17(20)18(21)10-15/h2-3,10,16H,4-9,11-14H2,1H3. The molecule has 2 aliphatic rings. The van der Waals surface area contributed by atoms with Gasteiger partial charge in [-0.3, -0.25) is 9.69 Å². The number of methoxy groups -OCH3 is 1. The summed E-state index contributed by atoms with van der Waals surface area (Å²) in [5.74, 6) is 0.714. The number of hydrogen-bond donors (Lipinski definition) is 0. The largest absolute Gasteiger partial charge is 0.383 e. The Morgan fingerprint density at radius 2 is 1.85 bits per heavy atom. The normalized spacial score (nSPS) is 22.3. The molecule has 2 heterocycles. The zero-order valence-corrected chi connectivity index (χ0v) is 16.8. The number of ether oxygens (including phenoxy) is 1. The summed E-state index contributed by atoms with van der Waals surface area (Å²) in [6.45, 7) is 8.27. The van der Waals surface area contributed by atoms with Crippen LogP contribution in [0.4, 0.5) is 0 Å². The third kappa shape index (κ3) is 5.33. The summed E-state index contributed by atoms with van der Waals surface area (Å²) >= 11 is 12.1. The zero-order chi connectivity index (χ0) is 18.5. The molecule has 2 aliphatic heterocycles. The Morgan fingerprint density at radius 1 is 1.12 bits per heavy atom. The van der Waals surface area contributed by atoms with Gasteiger partial charge >= 0.3 is 0 Å². The molecule has 1 aromatic rings. The molecule has 0 spiro atoms. The Morgan fingerprint density at radius 3 is 2.54 bits per heavy atom. The van der Waals surface area contributed by atoms with Crippen molar-refractivity contribution in [1.82, 2.24) is 14.7 Å². The summed E-state index contributed by atoms with van der Waals surface area (Å²) < 4.78 is 5.09. The minimum absolute atomic E-state index is 0.269. The molecular weight excluding hydrogens is 373 g/mol. The van der Waals surface area contributed by atoms with E-state index in [9.17, 15) is 4.79 Å². The third-order valence-electron chi connectivity index (χ3n) is 5.23. The topological polar surface area (TPSA) is 36.0 Å². The van der Waals surface area contributed by atoms with Crippen LogP contribution >= 0.6 is 23.2 Å². The number of amides is 1. The van der Waals surface area contributed by atoms with Gasteiger partial charge in [-0.15, -0.1) is 0 Å². The summed E-state index contributed by atoms with van der Waals surface area (Å²) in [5, 5.41) is 1.22. The lowest BCUT2D eigenvalue weighted by Gasteiger charge is -2.35. The fourth-order valence-electron chi connectivity index (χ4n) is 3.79. The number of benzene rings is 1. The second-order valence-electron chi connectivity index (χ2n) is 7.23. The van der Waals surface area contributed by atoms with E-state index in [2.05, 4.69) is 9.80 Å². The van der Waals surface area contributed by atoms with Crippen LogP contribution in [-0.4, -0.2) is 80.1 Å². The maximum Gasteiger partial charge on any atom is 0.223 e. The van der Waals surface area contributed by atoms with E-state index < -0.39 is 0 Å². The van der Waals surface area contributed by atoms with Crippen LogP contribution in [0, 0.1) is 5.92 Å². The highest BCUT2D eigenvalue weighted by atomic mass is 35.5. The molecule has 2 fully saturated rings. The van der Waals surface area contributed by atoms with Crippen LogP contribution in [0.1, 0.15) is 12.0 Å². The van der Waals surface area contributed by atoms with Gasteiger partial charge < -0.3 is 14.5 Å². The maximum atomic E-state index is 12.1. The van der Waals surface area contributed by atoms with Gasteiger partial charge in [0.15, 0.2) is 0 Å². The zero-order valence-electron chi connectivity index (χ0n) is 15.3. The molecule has 1 atom stereocenters. The van der Waals surface area contributed by atoms with Gasteiger partial charge in [0.05, 0.1) is 16.7 Å². The van der Waals surface area contributed by atoms with Crippen LogP contribution in [0.5, 0.6) is 0 Å². The van der Waals surface area contributed by atoms with E-state index in [-0.39, 0.29) is 5.91 Å². The molecule has 1 aromatic carbocycles. The predicted molar refractivity (Wildman–Crippen MR) is 105 cm³/mol. The first-order chi connectivity index (χ1) is 12.5. The highest BCUT2D eigenvalue weighted by molar-refractivity contribution is 6.42. The summed E-state index contributed by atoms with van der Waals surface area (Å²) in [7, 11) is 1.68. The van der Waals surface area contributed by atoms with Crippen LogP contribution in [0.3, 0.4) is 0 Å². The molecule has 2 saturated heterocycles. The van der Waals surface area contributed by atoms with Crippen LogP contribution in [0.2, 0.25) is 10.0 Å². The lowest BCUT2D eigenvalue weighted by Crippen LogP contribution is -2.47. The van der Waals surface area contributed by atoms with Gasteiger partial charge in [-0.05, 0) is 23.6 Å². The fraction of sp³-hybridized carbons (Fsp3) is 0.632. The van der Waals surface area contributed by atoms with Crippen LogP contribution in [-0.2, 0) is 16.1 Å². The van der Waals surface area contributed by atoms with E-state index in [1.54, 1.807) is 7.11 Å². The molecule has 0 N–H and O–H groups in total. The van der Waals surface area contributed by atoms with E-state index in [1.165, 1.54) is 5.56 Å². The van der Waals surface area contributed by atoms with Crippen molar-refractivity contribution in [1.29, 1.82) is 0 Å². The van der Waals surface area contributed by atoms with Crippen LogP contribution in [0.25, 0.3) is 0 Å². The van der Waals surface area contributed by atoms with E-state index in [4.69, 9.17) is 27.9 Å². The van der Waals surface area contributed by atoms with Gasteiger partial charge in [-0.2, -0.15) is 0 Å². The second kappa shape index (κ2) is 9.38. The number of halogens is 2. The molecule has 26 heavy (non-hydrogen) atoms. The highest BCUT2D eigenvalue weighted by Crippen LogP contribution is 2.24. The SMILES string of the molecule is COCCN1CC(CN2CCN(Cc3ccc(Cl)c(Cl)c3)CC2)CC1=O. The van der Waals surface area contributed by atoms with Crippen LogP contribution < -0.4 is 0 Å². The van der Waals surface area contributed by atoms with Crippen molar-refractivity contribution in [3.63, 3.8) is 0 Å². The lowest BCUT2D eigenvalue weighted by atomic mass is 10.1. The van der Waals surface area contributed by atoms with Gasteiger partial charge in [0.25, 0.3) is 0 Å². The number of piperazine rings is 1. The van der Waals surface area contributed by atoms with E-state index >= 15 is 0 Å². The molecule has 1 amide bonds. The van der Waals surface area contributed by atoms with Crippen molar-refractivity contribution in [2.45, 2.75) is 13.0 Å². The monoisotopic (exact) mass is 399 g/mol. The molecule has 0 aromatic heterocycles. The molecule has 144 valence electrons. The molecule has 5 nitrogen and oxygen atoms in total. The molecule has 0 aliphatic carbocycles. The Hall–Kier alpha value is -0.850.